The second-order valence-electron chi connectivity index (χ2n) is 7.86. The van der Waals surface area contributed by atoms with Crippen LogP contribution in [0.25, 0.3) is 16.9 Å². The van der Waals surface area contributed by atoms with Crippen LogP contribution in [0.1, 0.15) is 33.1 Å². The molecule has 35 heavy (non-hydrogen) atoms. The molecule has 1 aromatic carbocycles. The monoisotopic (exact) mass is 496 g/mol. The summed E-state index contributed by atoms with van der Waals surface area (Å²) in [6.45, 7) is 3.57. The molecule has 0 radical (unpaired) electrons. The number of carbonyl (C=O) groups excluding carboxylic acids is 1. The number of nitrogens with one attached hydrogen (secondary N) is 1. The van der Waals surface area contributed by atoms with Crippen molar-refractivity contribution in [3.05, 3.63) is 70.6 Å². The predicted molar refractivity (Wildman–Crippen MR) is 112 cm³/mol. The zero-order chi connectivity index (χ0) is 25.7. The minimum absolute atomic E-state index is 0.0397. The number of nitrogens with zero attached hydrogens (tertiary/aromatic N) is 5. The van der Waals surface area contributed by atoms with E-state index in [-0.39, 0.29) is 22.3 Å². The topological polar surface area (TPSA) is 77.1 Å². The Labute approximate surface area is 194 Å². The maximum atomic E-state index is 14.4. The Morgan fingerprint density at radius 1 is 1.03 bits per heavy atom. The summed E-state index contributed by atoms with van der Waals surface area (Å²) < 4.78 is 83.8. The number of rotatable bonds is 5. The Balaban J connectivity index is 1.77. The molecular formula is C22H18F6N6O. The fraction of sp³-hybridized carbons (Fsp3) is 0.273. The van der Waals surface area contributed by atoms with Gasteiger partial charge in [-0.3, -0.25) is 9.48 Å². The SMILES string of the molecule is Cc1nn(C)c(C)c1CNC(=O)c1cc2nc(-c3ccc(F)cc3)cc(C(F)(F)C(F)(F)F)n2n1. The number of hydrogen-bond donors (Lipinski definition) is 1. The van der Waals surface area contributed by atoms with Crippen LogP contribution >= 0.6 is 0 Å². The molecule has 3 heterocycles. The standard InChI is InChI=1S/C22H18F6N6O/c1-11-15(12(2)33(3)31-11)10-29-20(35)17-9-19-30-16(13-4-6-14(23)7-5-13)8-18(34(19)32-17)21(24,25)22(26,27)28/h4-9H,10H2,1-3H3,(H,29,35). The van der Waals surface area contributed by atoms with Crippen molar-refractivity contribution < 1.29 is 31.1 Å². The van der Waals surface area contributed by atoms with Gasteiger partial charge in [0.1, 0.15) is 11.5 Å². The van der Waals surface area contributed by atoms with Gasteiger partial charge in [-0.2, -0.15) is 32.1 Å². The lowest BCUT2D eigenvalue weighted by atomic mass is 10.1. The van der Waals surface area contributed by atoms with Crippen molar-refractivity contribution in [2.75, 3.05) is 0 Å². The van der Waals surface area contributed by atoms with Crippen molar-refractivity contribution in [3.8, 4) is 11.3 Å². The van der Waals surface area contributed by atoms with Crippen LogP contribution in [0, 0.1) is 19.7 Å². The van der Waals surface area contributed by atoms with Crippen LogP contribution in [-0.4, -0.2) is 36.5 Å². The zero-order valence-corrected chi connectivity index (χ0v) is 18.6. The van der Waals surface area contributed by atoms with E-state index in [4.69, 9.17) is 0 Å². The average Bonchev–Trinajstić information content (AvgIpc) is 3.31. The fourth-order valence-corrected chi connectivity index (χ4v) is 3.56. The average molecular weight is 496 g/mol. The summed E-state index contributed by atoms with van der Waals surface area (Å²) in [5.74, 6) is -6.74. The molecule has 7 nitrogen and oxygen atoms in total. The Hall–Kier alpha value is -3.90. The van der Waals surface area contributed by atoms with Crippen molar-refractivity contribution in [2.45, 2.75) is 32.5 Å². The minimum Gasteiger partial charge on any atom is -0.346 e. The second kappa shape index (κ2) is 8.40. The van der Waals surface area contributed by atoms with Gasteiger partial charge in [0, 0.05) is 36.5 Å². The predicted octanol–water partition coefficient (Wildman–Crippen LogP) is 4.47. The molecule has 184 valence electrons. The first kappa shape index (κ1) is 24.2. The summed E-state index contributed by atoms with van der Waals surface area (Å²) in [4.78, 5) is 16.7. The Bertz CT molecular complexity index is 1420. The number of alkyl halides is 5. The summed E-state index contributed by atoms with van der Waals surface area (Å²) in [5.41, 5.74) is -0.351. The van der Waals surface area contributed by atoms with Gasteiger partial charge in [-0.05, 0) is 44.2 Å². The van der Waals surface area contributed by atoms with Crippen molar-refractivity contribution >= 4 is 11.6 Å². The molecule has 0 atom stereocenters. The largest absolute Gasteiger partial charge is 0.459 e. The third kappa shape index (κ3) is 4.33. The fourth-order valence-electron chi connectivity index (χ4n) is 3.56. The van der Waals surface area contributed by atoms with Crippen LogP contribution < -0.4 is 5.32 Å². The van der Waals surface area contributed by atoms with Gasteiger partial charge >= 0.3 is 12.1 Å². The van der Waals surface area contributed by atoms with E-state index in [0.29, 0.717) is 11.8 Å². The molecule has 0 spiro atoms. The van der Waals surface area contributed by atoms with Crippen molar-refractivity contribution in [1.29, 1.82) is 0 Å². The Morgan fingerprint density at radius 2 is 1.69 bits per heavy atom. The van der Waals surface area contributed by atoms with Crippen molar-refractivity contribution in [2.24, 2.45) is 7.05 Å². The Morgan fingerprint density at radius 3 is 2.26 bits per heavy atom. The van der Waals surface area contributed by atoms with Crippen molar-refractivity contribution in [3.63, 3.8) is 0 Å². The van der Waals surface area contributed by atoms with Gasteiger partial charge in [-0.1, -0.05) is 0 Å². The molecule has 0 saturated heterocycles. The smallest absolute Gasteiger partial charge is 0.346 e. The van der Waals surface area contributed by atoms with Gasteiger partial charge < -0.3 is 5.32 Å². The van der Waals surface area contributed by atoms with Crippen LogP contribution in [0.15, 0.2) is 36.4 Å². The van der Waals surface area contributed by atoms with E-state index in [1.165, 1.54) is 12.1 Å². The number of aromatic nitrogens is 5. The van der Waals surface area contributed by atoms with E-state index < -0.39 is 40.9 Å². The lowest BCUT2D eigenvalue weighted by molar-refractivity contribution is -0.291. The van der Waals surface area contributed by atoms with Crippen LogP contribution in [0.3, 0.4) is 0 Å². The van der Waals surface area contributed by atoms with E-state index in [1.807, 2.05) is 0 Å². The number of fused-ring (bicyclic) bond motifs is 1. The molecule has 13 heteroatoms. The van der Waals surface area contributed by atoms with E-state index in [2.05, 4.69) is 20.5 Å². The molecule has 1 N–H and O–H groups in total. The molecule has 3 aromatic heterocycles. The van der Waals surface area contributed by atoms with Gasteiger partial charge in [0.25, 0.3) is 5.91 Å². The molecular weight excluding hydrogens is 478 g/mol. The third-order valence-corrected chi connectivity index (χ3v) is 5.56. The number of amides is 1. The maximum absolute atomic E-state index is 14.4. The first-order valence-electron chi connectivity index (χ1n) is 10.2. The first-order chi connectivity index (χ1) is 16.3. The summed E-state index contributed by atoms with van der Waals surface area (Å²) >= 11 is 0. The molecule has 1 amide bonds. The highest BCUT2D eigenvalue weighted by atomic mass is 19.4. The van der Waals surface area contributed by atoms with E-state index in [0.717, 1.165) is 29.5 Å². The lowest BCUT2D eigenvalue weighted by Crippen LogP contribution is -2.36. The molecule has 0 aliphatic carbocycles. The normalized spacial score (nSPS) is 12.4. The highest BCUT2D eigenvalue weighted by Crippen LogP contribution is 2.44. The molecule has 0 aliphatic rings. The van der Waals surface area contributed by atoms with Crippen LogP contribution in [0.4, 0.5) is 26.3 Å². The second-order valence-corrected chi connectivity index (χ2v) is 7.86. The van der Waals surface area contributed by atoms with Gasteiger partial charge in [-0.25, -0.2) is 13.9 Å². The lowest BCUT2D eigenvalue weighted by Gasteiger charge is -2.21. The first-order valence-corrected chi connectivity index (χ1v) is 10.2. The number of carbonyl (C=O) groups is 1. The van der Waals surface area contributed by atoms with E-state index >= 15 is 0 Å². The van der Waals surface area contributed by atoms with Crippen LogP contribution in [0.2, 0.25) is 0 Å². The highest BCUT2D eigenvalue weighted by Gasteiger charge is 2.60. The molecule has 4 rings (SSSR count). The number of hydrogen-bond acceptors (Lipinski definition) is 4. The molecule has 0 aliphatic heterocycles. The zero-order valence-electron chi connectivity index (χ0n) is 18.6. The van der Waals surface area contributed by atoms with Crippen LogP contribution in [-0.2, 0) is 19.5 Å². The molecule has 0 saturated carbocycles. The number of halogens is 6. The van der Waals surface area contributed by atoms with Crippen molar-refractivity contribution in [1.82, 2.24) is 29.7 Å². The van der Waals surface area contributed by atoms with E-state index in [9.17, 15) is 31.1 Å². The third-order valence-electron chi connectivity index (χ3n) is 5.56. The molecule has 4 aromatic rings. The van der Waals surface area contributed by atoms with Gasteiger partial charge in [0.05, 0.1) is 11.4 Å². The van der Waals surface area contributed by atoms with Gasteiger partial charge in [0.15, 0.2) is 11.3 Å². The molecule has 0 bridgehead atoms. The minimum atomic E-state index is -5.94. The Kier molecular flexibility index (Phi) is 5.81. The summed E-state index contributed by atoms with van der Waals surface area (Å²) in [7, 11) is 1.72. The molecule has 0 fully saturated rings. The molecule has 0 unspecified atom stereocenters. The number of benzene rings is 1. The van der Waals surface area contributed by atoms with Gasteiger partial charge in [-0.15, -0.1) is 0 Å². The van der Waals surface area contributed by atoms with Crippen LogP contribution in [0.5, 0.6) is 0 Å². The highest BCUT2D eigenvalue weighted by molar-refractivity contribution is 5.93. The summed E-state index contributed by atoms with van der Waals surface area (Å²) in [6, 6.07) is 5.92. The van der Waals surface area contributed by atoms with Gasteiger partial charge in [0.2, 0.25) is 0 Å². The summed E-state index contributed by atoms with van der Waals surface area (Å²) in [6.07, 6.45) is -5.94. The maximum Gasteiger partial charge on any atom is 0.459 e. The van der Waals surface area contributed by atoms with E-state index in [1.54, 1.807) is 25.6 Å². The number of aryl methyl sites for hydroxylation is 2. The summed E-state index contributed by atoms with van der Waals surface area (Å²) in [5, 5.41) is 10.5. The quantitative estimate of drug-likeness (QED) is 0.414.